The van der Waals surface area contributed by atoms with Gasteiger partial charge in [-0.25, -0.2) is 0 Å². The van der Waals surface area contributed by atoms with E-state index in [0.717, 1.165) is 83.8 Å². The van der Waals surface area contributed by atoms with Gasteiger partial charge in [0.25, 0.3) is 11.5 Å². The first-order valence-electron chi connectivity index (χ1n) is 17.1. The standard InChI is InChI=1S/C37H41N7O6/c1-40-17-26(27-18-41(2)39-33(27)36(40)48)23-13-30(49-3)28(31(14-23)50-4)19-42-11-9-37(10-12-42)20-43(21-37)24-6-5-22-16-44(35(47)25(22)15-24)29-7-8-32(45)38-34(29)46/h5-6,13-15,17-18,29H,7-12,16,19-21H2,1-4H3,(H,38,45,46). The zero-order chi connectivity index (χ0) is 34.9. The number of ether oxygens (including phenoxy) is 2. The molecule has 260 valence electrons. The van der Waals surface area contributed by atoms with Crippen LogP contribution in [-0.2, 0) is 36.8 Å². The fourth-order valence-electron chi connectivity index (χ4n) is 8.27. The Morgan fingerprint density at radius 3 is 2.34 bits per heavy atom. The fourth-order valence-corrected chi connectivity index (χ4v) is 8.27. The molecule has 4 aromatic rings. The number of nitrogens with zero attached hydrogens (tertiary/aromatic N) is 6. The Morgan fingerprint density at radius 2 is 1.66 bits per heavy atom. The number of benzene rings is 2. The zero-order valence-electron chi connectivity index (χ0n) is 28.8. The number of aromatic nitrogens is 3. The van der Waals surface area contributed by atoms with Gasteiger partial charge in [0.15, 0.2) is 5.52 Å². The van der Waals surface area contributed by atoms with Crippen molar-refractivity contribution in [1.29, 1.82) is 0 Å². The van der Waals surface area contributed by atoms with Crippen LogP contribution in [-0.4, -0.2) is 88.3 Å². The average molecular weight is 680 g/mol. The molecule has 8 rings (SSSR count). The van der Waals surface area contributed by atoms with Gasteiger partial charge in [0, 0.05) is 86.7 Å². The van der Waals surface area contributed by atoms with Crippen LogP contribution in [0, 0.1) is 5.41 Å². The van der Waals surface area contributed by atoms with E-state index < -0.39 is 6.04 Å². The number of amides is 3. The minimum atomic E-state index is -0.607. The van der Waals surface area contributed by atoms with Crippen LogP contribution in [0.3, 0.4) is 0 Å². The summed E-state index contributed by atoms with van der Waals surface area (Å²) in [5.74, 6) is 0.666. The Labute approximate surface area is 289 Å². The number of carbonyl (C=O) groups is 3. The van der Waals surface area contributed by atoms with Gasteiger partial charge in [-0.1, -0.05) is 6.07 Å². The second-order valence-electron chi connectivity index (χ2n) is 14.3. The number of hydrogen-bond donors (Lipinski definition) is 1. The third kappa shape index (κ3) is 5.31. The van der Waals surface area contributed by atoms with Crippen molar-refractivity contribution in [3.63, 3.8) is 0 Å². The van der Waals surface area contributed by atoms with E-state index in [0.29, 0.717) is 30.6 Å². The quantitative estimate of drug-likeness (QED) is 0.293. The lowest BCUT2D eigenvalue weighted by Gasteiger charge is -2.55. The summed E-state index contributed by atoms with van der Waals surface area (Å²) in [6.07, 6.45) is 6.44. The van der Waals surface area contributed by atoms with E-state index in [1.807, 2.05) is 43.7 Å². The molecule has 1 N–H and O–H groups in total. The monoisotopic (exact) mass is 679 g/mol. The molecular formula is C37H41N7O6. The molecule has 1 atom stereocenters. The molecule has 4 aliphatic heterocycles. The number of fused-ring (bicyclic) bond motifs is 2. The topological polar surface area (TPSA) is 131 Å². The number of aryl methyl sites for hydroxylation is 2. The first-order valence-corrected chi connectivity index (χ1v) is 17.1. The molecule has 4 aliphatic rings. The Bertz CT molecular complexity index is 2100. The number of piperidine rings is 2. The minimum absolute atomic E-state index is 0.140. The lowest BCUT2D eigenvalue weighted by atomic mass is 9.71. The number of hydrogen-bond acceptors (Lipinski definition) is 9. The van der Waals surface area contributed by atoms with Crippen molar-refractivity contribution in [3.8, 4) is 22.6 Å². The summed E-state index contributed by atoms with van der Waals surface area (Å²) in [6, 6.07) is 9.49. The van der Waals surface area contributed by atoms with E-state index in [9.17, 15) is 19.2 Å². The number of likely N-dealkylation sites (tertiary alicyclic amines) is 1. The van der Waals surface area contributed by atoms with E-state index in [2.05, 4.69) is 26.3 Å². The smallest absolute Gasteiger partial charge is 0.278 e. The van der Waals surface area contributed by atoms with E-state index in [1.54, 1.807) is 35.4 Å². The van der Waals surface area contributed by atoms with Crippen molar-refractivity contribution in [2.75, 3.05) is 45.3 Å². The van der Waals surface area contributed by atoms with Gasteiger partial charge < -0.3 is 23.8 Å². The normalized spacial score (nSPS) is 20.3. The maximum atomic E-state index is 13.3. The SMILES string of the molecule is COc1cc(-c2cn(C)c(=O)c3nn(C)cc23)cc(OC)c1CN1CCC2(CC1)CN(c1ccc3c(c1)C(=O)N(C1CCC(=O)NC1=O)C3)C2. The van der Waals surface area contributed by atoms with Crippen molar-refractivity contribution in [3.05, 3.63) is 69.8 Å². The summed E-state index contributed by atoms with van der Waals surface area (Å²) < 4.78 is 15.1. The Balaban J connectivity index is 0.930. The highest BCUT2D eigenvalue weighted by Gasteiger charge is 2.46. The highest BCUT2D eigenvalue weighted by atomic mass is 16.5. The molecule has 1 spiro atoms. The third-order valence-electron chi connectivity index (χ3n) is 11.1. The molecule has 6 heterocycles. The molecule has 50 heavy (non-hydrogen) atoms. The fraction of sp³-hybridized carbons (Fsp3) is 0.432. The van der Waals surface area contributed by atoms with Crippen molar-refractivity contribution >= 4 is 34.3 Å². The minimum Gasteiger partial charge on any atom is -0.496 e. The number of nitrogens with one attached hydrogen (secondary N) is 1. The Kier molecular flexibility index (Phi) is 7.70. The molecule has 0 radical (unpaired) electrons. The molecule has 13 nitrogen and oxygen atoms in total. The van der Waals surface area contributed by atoms with Crippen LogP contribution in [0.5, 0.6) is 11.5 Å². The number of imide groups is 1. The number of carbonyl (C=O) groups excluding carboxylic acids is 3. The lowest BCUT2D eigenvalue weighted by molar-refractivity contribution is -0.136. The van der Waals surface area contributed by atoms with Crippen molar-refractivity contribution in [2.45, 2.75) is 44.8 Å². The van der Waals surface area contributed by atoms with Gasteiger partial charge in [0.05, 0.1) is 19.8 Å². The largest absolute Gasteiger partial charge is 0.496 e. The number of pyridine rings is 1. The summed E-state index contributed by atoms with van der Waals surface area (Å²) in [7, 11) is 6.90. The summed E-state index contributed by atoms with van der Waals surface area (Å²) in [5, 5.41) is 7.55. The van der Waals surface area contributed by atoms with Crippen LogP contribution >= 0.6 is 0 Å². The summed E-state index contributed by atoms with van der Waals surface area (Å²) in [5.41, 5.74) is 5.88. The van der Waals surface area contributed by atoms with E-state index in [1.165, 1.54) is 0 Å². The first-order chi connectivity index (χ1) is 24.1. The van der Waals surface area contributed by atoms with Crippen LogP contribution in [0.1, 0.15) is 47.2 Å². The Hall–Kier alpha value is -5.17. The van der Waals surface area contributed by atoms with Crippen LogP contribution in [0.15, 0.2) is 47.5 Å². The van der Waals surface area contributed by atoms with Crippen LogP contribution in [0.2, 0.25) is 0 Å². The first kappa shape index (κ1) is 32.1. The van der Waals surface area contributed by atoms with E-state index in [-0.39, 0.29) is 35.1 Å². The maximum Gasteiger partial charge on any atom is 0.278 e. The summed E-state index contributed by atoms with van der Waals surface area (Å²) in [4.78, 5) is 56.6. The van der Waals surface area contributed by atoms with Gasteiger partial charge in [0.2, 0.25) is 11.8 Å². The molecule has 2 aromatic heterocycles. The third-order valence-corrected chi connectivity index (χ3v) is 11.1. The van der Waals surface area contributed by atoms with Crippen molar-refractivity contribution < 1.29 is 23.9 Å². The predicted molar refractivity (Wildman–Crippen MR) is 186 cm³/mol. The van der Waals surface area contributed by atoms with Crippen LogP contribution in [0.25, 0.3) is 22.0 Å². The van der Waals surface area contributed by atoms with Gasteiger partial charge in [-0.15, -0.1) is 0 Å². The van der Waals surface area contributed by atoms with Crippen LogP contribution < -0.4 is 25.2 Å². The molecular weight excluding hydrogens is 638 g/mol. The molecule has 1 unspecified atom stereocenters. The maximum absolute atomic E-state index is 13.3. The zero-order valence-corrected chi connectivity index (χ0v) is 28.8. The molecule has 0 saturated carbocycles. The van der Waals surface area contributed by atoms with E-state index in [4.69, 9.17) is 9.47 Å². The van der Waals surface area contributed by atoms with Gasteiger partial charge in [0.1, 0.15) is 17.5 Å². The molecule has 3 saturated heterocycles. The van der Waals surface area contributed by atoms with Gasteiger partial charge >= 0.3 is 0 Å². The molecule has 0 aliphatic carbocycles. The number of anilines is 1. The molecule has 3 amide bonds. The highest BCUT2D eigenvalue weighted by molar-refractivity contribution is 6.05. The lowest BCUT2D eigenvalue weighted by Crippen LogP contribution is -2.60. The number of methoxy groups -OCH3 is 2. The number of rotatable bonds is 7. The van der Waals surface area contributed by atoms with Crippen molar-refractivity contribution in [2.24, 2.45) is 19.5 Å². The van der Waals surface area contributed by atoms with Crippen LogP contribution in [0.4, 0.5) is 5.69 Å². The molecule has 3 fully saturated rings. The van der Waals surface area contributed by atoms with Gasteiger partial charge in [-0.2, -0.15) is 5.10 Å². The molecule has 13 heteroatoms. The second kappa shape index (κ2) is 12.0. The average Bonchev–Trinajstić information content (AvgIpc) is 3.65. The predicted octanol–water partition coefficient (Wildman–Crippen LogP) is 2.82. The summed E-state index contributed by atoms with van der Waals surface area (Å²) in [6.45, 7) is 4.85. The second-order valence-corrected chi connectivity index (χ2v) is 14.3. The summed E-state index contributed by atoms with van der Waals surface area (Å²) >= 11 is 0. The highest BCUT2D eigenvalue weighted by Crippen LogP contribution is 2.45. The Morgan fingerprint density at radius 1 is 0.940 bits per heavy atom. The van der Waals surface area contributed by atoms with E-state index >= 15 is 0 Å². The van der Waals surface area contributed by atoms with Gasteiger partial charge in [-0.05, 0) is 67.7 Å². The molecule has 0 bridgehead atoms. The van der Waals surface area contributed by atoms with Crippen molar-refractivity contribution in [1.82, 2.24) is 29.5 Å². The van der Waals surface area contributed by atoms with Gasteiger partial charge in [-0.3, -0.25) is 34.1 Å². The molecule has 2 aromatic carbocycles.